The second-order valence-electron chi connectivity index (χ2n) is 5.34. The molecule has 0 aliphatic carbocycles. The van der Waals surface area contributed by atoms with E-state index in [4.69, 9.17) is 9.47 Å². The molecular weight excluding hydrogens is 341 g/mol. The molecule has 0 N–H and O–H groups in total. The fraction of sp³-hybridized carbons (Fsp3) is 0.158. The Hall–Kier alpha value is -2.73. The monoisotopic (exact) mass is 357 g/mol. The van der Waals surface area contributed by atoms with Crippen molar-refractivity contribution in [2.45, 2.75) is 20.3 Å². The van der Waals surface area contributed by atoms with Gasteiger partial charge in [-0.1, -0.05) is 6.92 Å². The number of rotatable bonds is 6. The zero-order chi connectivity index (χ0) is 17.8. The number of hydrogen-bond acceptors (Lipinski definition) is 5. The minimum Gasteiger partial charge on any atom is -0.445 e. The second kappa shape index (κ2) is 7.44. The summed E-state index contributed by atoms with van der Waals surface area (Å²) in [5.74, 6) is 0.902. The first-order valence-corrected chi connectivity index (χ1v) is 8.57. The fourth-order valence-electron chi connectivity index (χ4n) is 2.23. The van der Waals surface area contributed by atoms with Gasteiger partial charge < -0.3 is 9.47 Å². The average molecular weight is 357 g/mol. The highest BCUT2D eigenvalue weighted by atomic mass is 32.1. The van der Waals surface area contributed by atoms with Gasteiger partial charge in [0.15, 0.2) is 5.78 Å². The van der Waals surface area contributed by atoms with Crippen LogP contribution < -0.4 is 9.47 Å². The van der Waals surface area contributed by atoms with Crippen LogP contribution in [0, 0.1) is 5.82 Å². The molecule has 2 aromatic carbocycles. The molecule has 3 aromatic rings. The third kappa shape index (κ3) is 4.22. The quantitative estimate of drug-likeness (QED) is 0.536. The summed E-state index contributed by atoms with van der Waals surface area (Å²) in [6.45, 7) is 3.45. The largest absolute Gasteiger partial charge is 0.445 e. The maximum absolute atomic E-state index is 13.3. The molecule has 0 unspecified atom stereocenters. The van der Waals surface area contributed by atoms with E-state index in [1.165, 1.54) is 30.4 Å². The van der Waals surface area contributed by atoms with E-state index in [-0.39, 0.29) is 11.6 Å². The lowest BCUT2D eigenvalue weighted by Gasteiger charge is -2.07. The van der Waals surface area contributed by atoms with E-state index < -0.39 is 0 Å². The van der Waals surface area contributed by atoms with Crippen LogP contribution in [0.25, 0.3) is 0 Å². The molecule has 0 aliphatic heterocycles. The minimum absolute atomic E-state index is 0.00560. The van der Waals surface area contributed by atoms with E-state index in [0.717, 1.165) is 5.56 Å². The molecule has 1 aromatic heterocycles. The third-order valence-electron chi connectivity index (χ3n) is 3.54. The van der Waals surface area contributed by atoms with Crippen molar-refractivity contribution in [2.24, 2.45) is 0 Å². The first-order chi connectivity index (χ1) is 12.0. The maximum Gasteiger partial charge on any atom is 0.282 e. The molecule has 0 atom stereocenters. The highest BCUT2D eigenvalue weighted by Gasteiger charge is 2.10. The number of ketones is 1. The molecule has 0 bridgehead atoms. The van der Waals surface area contributed by atoms with E-state index in [2.05, 4.69) is 4.98 Å². The number of thiazole rings is 1. The standard InChI is InChI=1S/C19H16FNO3S/c1-3-13-10-15(20)6-9-17(13)24-19-21-11-18(25-19)23-16-7-4-14(5-8-16)12(2)22/h4-11H,3H2,1-2H3. The summed E-state index contributed by atoms with van der Waals surface area (Å²) in [7, 11) is 0. The van der Waals surface area contributed by atoms with Gasteiger partial charge in [0.2, 0.25) is 5.06 Å². The highest BCUT2D eigenvalue weighted by molar-refractivity contribution is 7.15. The van der Waals surface area contributed by atoms with Crippen molar-refractivity contribution in [2.75, 3.05) is 0 Å². The van der Waals surface area contributed by atoms with Gasteiger partial charge in [-0.15, -0.1) is 0 Å². The van der Waals surface area contributed by atoms with Crippen molar-refractivity contribution >= 4 is 17.1 Å². The van der Waals surface area contributed by atoms with Crippen LogP contribution in [0.3, 0.4) is 0 Å². The molecule has 1 heterocycles. The van der Waals surface area contributed by atoms with Crippen molar-refractivity contribution in [1.29, 1.82) is 0 Å². The Kier molecular flexibility index (Phi) is 5.09. The SMILES string of the molecule is CCc1cc(F)ccc1Oc1ncc(Oc2ccc(C(C)=O)cc2)s1. The van der Waals surface area contributed by atoms with Gasteiger partial charge in [-0.3, -0.25) is 4.79 Å². The third-order valence-corrected chi connectivity index (χ3v) is 4.30. The molecule has 0 saturated carbocycles. The molecule has 0 fully saturated rings. The van der Waals surface area contributed by atoms with Crippen LogP contribution in [-0.4, -0.2) is 10.8 Å². The molecule has 128 valence electrons. The number of ether oxygens (including phenoxy) is 2. The molecular formula is C19H16FNO3S. The Balaban J connectivity index is 1.71. The number of benzene rings is 2. The predicted octanol–water partition coefficient (Wildman–Crippen LogP) is 5.63. The Morgan fingerprint density at radius 1 is 1.16 bits per heavy atom. The van der Waals surface area contributed by atoms with Gasteiger partial charge in [0.1, 0.15) is 17.3 Å². The zero-order valence-corrected chi connectivity index (χ0v) is 14.6. The van der Waals surface area contributed by atoms with Crippen molar-refractivity contribution < 1.29 is 18.7 Å². The summed E-state index contributed by atoms with van der Waals surface area (Å²) >= 11 is 1.24. The lowest BCUT2D eigenvalue weighted by molar-refractivity contribution is 0.101. The van der Waals surface area contributed by atoms with Crippen molar-refractivity contribution in [3.63, 3.8) is 0 Å². The van der Waals surface area contributed by atoms with E-state index in [1.807, 2.05) is 6.92 Å². The van der Waals surface area contributed by atoms with Crippen LogP contribution in [0.4, 0.5) is 4.39 Å². The van der Waals surface area contributed by atoms with Gasteiger partial charge in [-0.05, 0) is 72.7 Å². The first kappa shape index (κ1) is 17.1. The van der Waals surface area contributed by atoms with E-state index in [9.17, 15) is 9.18 Å². The second-order valence-corrected chi connectivity index (χ2v) is 6.29. The number of hydrogen-bond donors (Lipinski definition) is 0. The molecule has 0 radical (unpaired) electrons. The van der Waals surface area contributed by atoms with Gasteiger partial charge in [0.25, 0.3) is 5.19 Å². The van der Waals surface area contributed by atoms with Gasteiger partial charge in [0, 0.05) is 5.56 Å². The Bertz CT molecular complexity index is 890. The lowest BCUT2D eigenvalue weighted by atomic mass is 10.1. The molecule has 4 nitrogen and oxygen atoms in total. The Morgan fingerprint density at radius 2 is 1.92 bits per heavy atom. The van der Waals surface area contributed by atoms with Crippen LogP contribution in [0.15, 0.2) is 48.7 Å². The summed E-state index contributed by atoms with van der Waals surface area (Å²) in [5, 5.41) is 0.974. The first-order valence-electron chi connectivity index (χ1n) is 7.76. The summed E-state index contributed by atoms with van der Waals surface area (Å²) < 4.78 is 24.7. The summed E-state index contributed by atoms with van der Waals surface area (Å²) in [5.41, 5.74) is 1.40. The number of Topliss-reactive ketones (excluding diaryl/α,β-unsaturated/α-hetero) is 1. The molecule has 0 amide bonds. The number of carbonyl (C=O) groups excluding carboxylic acids is 1. The molecule has 0 saturated heterocycles. The number of carbonyl (C=O) groups is 1. The Labute approximate surface area is 148 Å². The van der Waals surface area contributed by atoms with Crippen LogP contribution in [0.5, 0.6) is 21.8 Å². The van der Waals surface area contributed by atoms with Crippen molar-refractivity contribution in [3.05, 3.63) is 65.6 Å². The van der Waals surface area contributed by atoms with Gasteiger partial charge in [-0.25, -0.2) is 9.37 Å². The smallest absolute Gasteiger partial charge is 0.282 e. The number of halogens is 1. The lowest BCUT2D eigenvalue weighted by Crippen LogP contribution is -1.91. The van der Waals surface area contributed by atoms with Crippen LogP contribution >= 0.6 is 11.3 Å². The van der Waals surface area contributed by atoms with Crippen LogP contribution in [-0.2, 0) is 6.42 Å². The van der Waals surface area contributed by atoms with E-state index >= 15 is 0 Å². The molecule has 3 rings (SSSR count). The average Bonchev–Trinajstić information content (AvgIpc) is 3.04. The number of aryl methyl sites for hydroxylation is 1. The molecule has 0 spiro atoms. The van der Waals surface area contributed by atoms with Crippen molar-refractivity contribution in [3.8, 4) is 21.8 Å². The fourth-order valence-corrected chi connectivity index (χ4v) is 2.88. The molecule has 25 heavy (non-hydrogen) atoms. The Morgan fingerprint density at radius 3 is 2.60 bits per heavy atom. The molecule has 0 aliphatic rings. The van der Waals surface area contributed by atoms with Crippen LogP contribution in [0.2, 0.25) is 0 Å². The summed E-state index contributed by atoms with van der Waals surface area (Å²) in [4.78, 5) is 15.5. The minimum atomic E-state index is -0.290. The summed E-state index contributed by atoms with van der Waals surface area (Å²) in [6, 6.07) is 11.3. The highest BCUT2D eigenvalue weighted by Crippen LogP contribution is 2.35. The summed E-state index contributed by atoms with van der Waals surface area (Å²) in [6.07, 6.45) is 2.22. The van der Waals surface area contributed by atoms with Gasteiger partial charge >= 0.3 is 0 Å². The zero-order valence-electron chi connectivity index (χ0n) is 13.8. The van der Waals surface area contributed by atoms with Gasteiger partial charge in [0.05, 0.1) is 6.20 Å². The topological polar surface area (TPSA) is 48.4 Å². The van der Waals surface area contributed by atoms with Crippen LogP contribution in [0.1, 0.15) is 29.8 Å². The molecule has 6 heteroatoms. The van der Waals surface area contributed by atoms with Gasteiger partial charge in [-0.2, -0.15) is 0 Å². The van der Waals surface area contributed by atoms with E-state index in [1.54, 1.807) is 36.5 Å². The number of aromatic nitrogens is 1. The number of nitrogens with zero attached hydrogens (tertiary/aromatic N) is 1. The van der Waals surface area contributed by atoms with E-state index in [0.29, 0.717) is 33.7 Å². The predicted molar refractivity (Wildman–Crippen MR) is 94.5 cm³/mol. The normalized spacial score (nSPS) is 10.5. The van der Waals surface area contributed by atoms with Crippen molar-refractivity contribution in [1.82, 2.24) is 4.98 Å². The maximum atomic E-state index is 13.3.